The number of aliphatic hydroxyl groups is 1. The zero-order chi connectivity index (χ0) is 30.3. The zero-order valence-electron chi connectivity index (χ0n) is 24.9. The number of hydrogen-bond acceptors (Lipinski definition) is 6. The summed E-state index contributed by atoms with van der Waals surface area (Å²) in [5, 5.41) is 15.6. The molecule has 0 aliphatic carbocycles. The second kappa shape index (κ2) is 13.2. The first kappa shape index (κ1) is 32.5. The highest BCUT2D eigenvalue weighted by molar-refractivity contribution is 6.33. The SMILES string of the molecule is COc1cc(NC(=O)CCc2ccc(-c3ccccc3)c(NC(=O)OC3C[C@@H]4[C@H]5O[C@H]5[C@H](C3)[N+]4(C)C)c2)c(Cl)cc1CO.[I-]. The quantitative estimate of drug-likeness (QED) is 0.177. The van der Waals surface area contributed by atoms with Crippen molar-refractivity contribution in [1.29, 1.82) is 0 Å². The number of piperidine rings is 1. The molecule has 44 heavy (non-hydrogen) atoms. The number of carbonyl (C=O) groups excluding carboxylic acids is 2. The molecule has 234 valence electrons. The zero-order valence-corrected chi connectivity index (χ0v) is 27.8. The highest BCUT2D eigenvalue weighted by Gasteiger charge is 2.70. The first-order valence-electron chi connectivity index (χ1n) is 14.6. The van der Waals surface area contributed by atoms with E-state index in [4.69, 9.17) is 25.8 Å². The number of halogens is 2. The first-order valence-corrected chi connectivity index (χ1v) is 15.0. The van der Waals surface area contributed by atoms with Crippen LogP contribution in [0.5, 0.6) is 5.75 Å². The molecule has 3 aromatic rings. The summed E-state index contributed by atoms with van der Waals surface area (Å²) in [4.78, 5) is 26.0. The van der Waals surface area contributed by atoms with Gasteiger partial charge in [0.1, 0.15) is 36.1 Å². The molecule has 3 N–H and O–H groups in total. The lowest BCUT2D eigenvalue weighted by atomic mass is 9.96. The Labute approximate surface area is 279 Å². The third kappa shape index (κ3) is 6.55. The molecular formula is C33H37ClIN3O6. The molecule has 3 aliphatic rings. The lowest BCUT2D eigenvalue weighted by molar-refractivity contribution is -0.938. The smallest absolute Gasteiger partial charge is 0.411 e. The van der Waals surface area contributed by atoms with Gasteiger partial charge in [-0.1, -0.05) is 54.1 Å². The summed E-state index contributed by atoms with van der Waals surface area (Å²) in [5.74, 6) is 0.215. The topological polar surface area (TPSA) is 109 Å². The largest absolute Gasteiger partial charge is 1.00 e. The van der Waals surface area contributed by atoms with E-state index in [-0.39, 0.29) is 61.2 Å². The molecule has 3 heterocycles. The van der Waals surface area contributed by atoms with E-state index >= 15 is 0 Å². The number of carbonyl (C=O) groups is 2. The fourth-order valence-corrected chi connectivity index (χ4v) is 7.02. The van der Waals surface area contributed by atoms with Gasteiger partial charge in [0.05, 0.1) is 44.2 Å². The predicted molar refractivity (Wildman–Crippen MR) is 164 cm³/mol. The predicted octanol–water partition coefficient (Wildman–Crippen LogP) is 2.39. The van der Waals surface area contributed by atoms with Crippen LogP contribution in [0, 0.1) is 0 Å². The average Bonchev–Trinajstić information content (AvgIpc) is 3.76. The average molecular weight is 734 g/mol. The molecule has 0 aromatic heterocycles. The molecule has 3 fully saturated rings. The van der Waals surface area contributed by atoms with Crippen LogP contribution in [0.1, 0.15) is 30.4 Å². The number of anilines is 2. The minimum atomic E-state index is -0.479. The monoisotopic (exact) mass is 733 g/mol. The van der Waals surface area contributed by atoms with E-state index in [2.05, 4.69) is 24.7 Å². The number of quaternary nitrogens is 1. The van der Waals surface area contributed by atoms with Crippen LogP contribution in [-0.4, -0.2) is 73.2 Å². The summed E-state index contributed by atoms with van der Waals surface area (Å²) in [7, 11) is 5.99. The van der Waals surface area contributed by atoms with E-state index in [1.54, 1.807) is 12.1 Å². The molecule has 9 nitrogen and oxygen atoms in total. The lowest BCUT2D eigenvalue weighted by Crippen LogP contribution is -3.00. The van der Waals surface area contributed by atoms with E-state index in [1.807, 2.05) is 48.5 Å². The van der Waals surface area contributed by atoms with Crippen molar-refractivity contribution in [3.05, 3.63) is 76.8 Å². The van der Waals surface area contributed by atoms with E-state index < -0.39 is 6.09 Å². The molecule has 0 radical (unpaired) electrons. The number of ether oxygens (including phenoxy) is 3. The number of likely N-dealkylation sites (N-methyl/N-ethyl adjacent to an activating group) is 1. The highest BCUT2D eigenvalue weighted by atomic mass is 127. The van der Waals surface area contributed by atoms with E-state index in [9.17, 15) is 14.7 Å². The molecule has 3 aliphatic heterocycles. The van der Waals surface area contributed by atoms with Gasteiger partial charge in [-0.2, -0.15) is 0 Å². The summed E-state index contributed by atoms with van der Waals surface area (Å²) in [5.41, 5.74) is 4.28. The van der Waals surface area contributed by atoms with Gasteiger partial charge in [-0.15, -0.1) is 0 Å². The van der Waals surface area contributed by atoms with Crippen molar-refractivity contribution in [3.8, 4) is 16.9 Å². The van der Waals surface area contributed by atoms with Crippen LogP contribution >= 0.6 is 11.6 Å². The Hall–Kier alpha value is -2.90. The molecule has 11 heteroatoms. The van der Waals surface area contributed by atoms with Gasteiger partial charge in [-0.25, -0.2) is 4.79 Å². The molecule has 3 aromatic carbocycles. The minimum Gasteiger partial charge on any atom is -1.00 e. The number of fused-ring (bicyclic) bond motifs is 5. The third-order valence-corrected chi connectivity index (χ3v) is 9.49. The summed E-state index contributed by atoms with van der Waals surface area (Å²) in [6.07, 6.45) is 2.15. The molecule has 3 saturated heterocycles. The van der Waals surface area contributed by atoms with Crippen molar-refractivity contribution in [2.24, 2.45) is 0 Å². The van der Waals surface area contributed by atoms with Gasteiger partial charge in [-0.05, 0) is 29.7 Å². The molecule has 2 amide bonds. The van der Waals surface area contributed by atoms with Crippen molar-refractivity contribution >= 4 is 35.0 Å². The number of nitrogens with one attached hydrogen (secondary N) is 2. The van der Waals surface area contributed by atoms with Gasteiger partial charge >= 0.3 is 6.09 Å². The van der Waals surface area contributed by atoms with Crippen LogP contribution in [0.4, 0.5) is 16.2 Å². The van der Waals surface area contributed by atoms with Crippen molar-refractivity contribution in [2.45, 2.75) is 62.7 Å². The Kier molecular flexibility index (Phi) is 9.76. The van der Waals surface area contributed by atoms with Gasteiger partial charge in [0.2, 0.25) is 5.91 Å². The Morgan fingerprint density at radius 3 is 2.36 bits per heavy atom. The first-order chi connectivity index (χ1) is 20.7. The van der Waals surface area contributed by atoms with Crippen LogP contribution < -0.4 is 39.3 Å². The fourth-order valence-electron chi connectivity index (χ4n) is 6.79. The molecule has 2 bridgehead atoms. The van der Waals surface area contributed by atoms with E-state index in [0.29, 0.717) is 46.2 Å². The van der Waals surface area contributed by atoms with E-state index in [1.165, 1.54) is 7.11 Å². The second-order valence-corrected chi connectivity index (χ2v) is 12.5. The Morgan fingerprint density at radius 1 is 1.00 bits per heavy atom. The maximum Gasteiger partial charge on any atom is 0.411 e. The van der Waals surface area contributed by atoms with Crippen molar-refractivity contribution < 1.29 is 57.4 Å². The molecule has 5 atom stereocenters. The Morgan fingerprint density at radius 2 is 1.70 bits per heavy atom. The standard InChI is InChI=1S/C33H36ClN3O6.HI/c1-37(2)27-15-22(16-28(37)32-31(27)43-32)42-33(40)36-25-13-19(9-11-23(25)20-7-5-4-6-8-20)10-12-30(39)35-26-17-29(41-3)21(18-38)14-24(26)34;/h4-9,11,13-14,17,22,27-28,31-32,38H,10,12,15-16,18H2,1-3H3,(H-,35,36,39,40);1H/t22?,27-,28+,31-,32+;. The number of epoxide rings is 1. The Bertz CT molecular complexity index is 1520. The number of morpholine rings is 1. The van der Waals surface area contributed by atoms with E-state index in [0.717, 1.165) is 34.0 Å². The number of amides is 2. The normalized spacial score (nSPS) is 24.0. The maximum atomic E-state index is 13.2. The van der Waals surface area contributed by atoms with Crippen LogP contribution in [-0.2, 0) is 27.3 Å². The summed E-state index contributed by atoms with van der Waals surface area (Å²) >= 11 is 6.32. The lowest BCUT2D eigenvalue weighted by Gasteiger charge is -2.45. The number of benzene rings is 3. The maximum absolute atomic E-state index is 13.2. The highest BCUT2D eigenvalue weighted by Crippen LogP contribution is 2.51. The Balaban J connectivity index is 0.00000384. The number of nitrogens with zero attached hydrogens (tertiary/aromatic N) is 1. The second-order valence-electron chi connectivity index (χ2n) is 12.0. The summed E-state index contributed by atoms with van der Waals surface area (Å²) in [6, 6.07) is 19.5. The van der Waals surface area contributed by atoms with Crippen LogP contribution in [0.2, 0.25) is 5.02 Å². The minimum absolute atomic E-state index is 0. The fraction of sp³-hybridized carbons (Fsp3) is 0.394. The van der Waals surface area contributed by atoms with Crippen LogP contribution in [0.15, 0.2) is 60.7 Å². The van der Waals surface area contributed by atoms with Crippen molar-refractivity contribution in [2.75, 3.05) is 31.8 Å². The number of aliphatic hydroxyl groups excluding tert-OH is 1. The number of aryl methyl sites for hydroxylation is 1. The van der Waals surface area contributed by atoms with Gasteiger partial charge in [0.25, 0.3) is 0 Å². The molecule has 1 unspecified atom stereocenters. The number of hydrogen-bond donors (Lipinski definition) is 3. The molecular weight excluding hydrogens is 697 g/mol. The number of methoxy groups -OCH3 is 1. The van der Waals surface area contributed by atoms with Crippen molar-refractivity contribution in [1.82, 2.24) is 0 Å². The number of rotatable bonds is 9. The molecule has 6 rings (SSSR count). The summed E-state index contributed by atoms with van der Waals surface area (Å²) in [6.45, 7) is -0.227. The van der Waals surface area contributed by atoms with Crippen LogP contribution in [0.3, 0.4) is 0 Å². The van der Waals surface area contributed by atoms with Gasteiger partial charge in [0.15, 0.2) is 0 Å². The molecule has 0 saturated carbocycles. The van der Waals surface area contributed by atoms with Crippen molar-refractivity contribution in [3.63, 3.8) is 0 Å². The summed E-state index contributed by atoms with van der Waals surface area (Å²) < 4.78 is 18.0. The van der Waals surface area contributed by atoms with Gasteiger partial charge in [0, 0.05) is 36.5 Å². The third-order valence-electron chi connectivity index (χ3n) is 9.17. The van der Waals surface area contributed by atoms with Gasteiger partial charge in [-0.3, -0.25) is 10.1 Å². The van der Waals surface area contributed by atoms with Gasteiger partial charge < -0.3 is 53.1 Å². The molecule has 0 spiro atoms. The van der Waals surface area contributed by atoms with Crippen LogP contribution in [0.25, 0.3) is 11.1 Å².